The number of benzene rings is 1. The van der Waals surface area contributed by atoms with Gasteiger partial charge < -0.3 is 14.2 Å². The number of nitrogens with zero attached hydrogens (tertiary/aromatic N) is 4. The highest BCUT2D eigenvalue weighted by Crippen LogP contribution is 2.45. The molecule has 7 heteroatoms. The predicted molar refractivity (Wildman–Crippen MR) is 100 cm³/mol. The fraction of sp³-hybridized carbons (Fsp3) is 0.526. The molecule has 1 heterocycles. The van der Waals surface area contributed by atoms with E-state index in [0.717, 1.165) is 22.3 Å². The van der Waals surface area contributed by atoms with Crippen molar-refractivity contribution in [1.82, 2.24) is 19.7 Å². The third kappa shape index (κ3) is 3.87. The number of carbonyl (C=O) groups excluding carboxylic acids is 1. The van der Waals surface area contributed by atoms with E-state index in [4.69, 9.17) is 4.74 Å². The summed E-state index contributed by atoms with van der Waals surface area (Å²) >= 11 is 1.51. The van der Waals surface area contributed by atoms with Crippen LogP contribution in [-0.4, -0.2) is 45.5 Å². The van der Waals surface area contributed by atoms with Crippen LogP contribution in [0.2, 0.25) is 0 Å². The van der Waals surface area contributed by atoms with Crippen LogP contribution in [-0.2, 0) is 11.3 Å². The molecule has 0 unspecified atom stereocenters. The number of methoxy groups -OCH3 is 1. The molecule has 0 N–H and O–H groups in total. The first kappa shape index (κ1) is 17.4. The molecule has 2 aliphatic carbocycles. The second kappa shape index (κ2) is 7.31. The Morgan fingerprint density at radius 3 is 2.81 bits per heavy atom. The van der Waals surface area contributed by atoms with Gasteiger partial charge in [0.25, 0.3) is 0 Å². The molecule has 2 fully saturated rings. The largest absolute Gasteiger partial charge is 0.497 e. The van der Waals surface area contributed by atoms with Gasteiger partial charge in [-0.2, -0.15) is 0 Å². The average molecular weight is 372 g/mol. The Hall–Kier alpha value is -2.02. The summed E-state index contributed by atoms with van der Waals surface area (Å²) in [5.41, 5.74) is 1.06. The topological polar surface area (TPSA) is 60.2 Å². The molecule has 26 heavy (non-hydrogen) atoms. The lowest BCUT2D eigenvalue weighted by molar-refractivity contribution is -0.127. The summed E-state index contributed by atoms with van der Waals surface area (Å²) < 4.78 is 7.53. The zero-order chi connectivity index (χ0) is 18.1. The molecule has 0 aliphatic heterocycles. The van der Waals surface area contributed by atoms with E-state index in [1.807, 2.05) is 31.3 Å². The highest BCUT2D eigenvalue weighted by atomic mass is 32.2. The Labute approximate surface area is 157 Å². The Balaban J connectivity index is 1.36. The normalized spacial score (nSPS) is 16.5. The van der Waals surface area contributed by atoms with Crippen molar-refractivity contribution in [3.05, 3.63) is 35.7 Å². The van der Waals surface area contributed by atoms with Crippen molar-refractivity contribution in [1.29, 1.82) is 0 Å². The number of hydrogen-bond acceptors (Lipinski definition) is 5. The number of carbonyl (C=O) groups is 1. The van der Waals surface area contributed by atoms with E-state index in [-0.39, 0.29) is 5.91 Å². The van der Waals surface area contributed by atoms with Crippen LogP contribution in [0.5, 0.6) is 5.75 Å². The molecular formula is C19H24N4O2S. The lowest BCUT2D eigenvalue weighted by Gasteiger charge is -2.17. The van der Waals surface area contributed by atoms with E-state index in [9.17, 15) is 4.79 Å². The first-order chi connectivity index (χ1) is 12.7. The maximum absolute atomic E-state index is 12.5. The Kier molecular flexibility index (Phi) is 4.89. The molecule has 0 saturated heterocycles. The van der Waals surface area contributed by atoms with E-state index in [0.29, 0.717) is 24.3 Å². The first-order valence-electron chi connectivity index (χ1n) is 9.10. The van der Waals surface area contributed by atoms with Crippen molar-refractivity contribution >= 4 is 17.7 Å². The minimum atomic E-state index is 0.0936. The number of aromatic nitrogens is 3. The second-order valence-corrected chi connectivity index (χ2v) is 8.05. The Morgan fingerprint density at radius 2 is 2.12 bits per heavy atom. The van der Waals surface area contributed by atoms with Crippen LogP contribution in [0.3, 0.4) is 0 Å². The van der Waals surface area contributed by atoms with Gasteiger partial charge in [-0.15, -0.1) is 10.2 Å². The van der Waals surface area contributed by atoms with Crippen LogP contribution in [0.15, 0.2) is 29.4 Å². The van der Waals surface area contributed by atoms with Crippen molar-refractivity contribution in [3.63, 3.8) is 0 Å². The lowest BCUT2D eigenvalue weighted by Crippen LogP contribution is -2.27. The molecule has 0 atom stereocenters. The molecule has 1 aromatic carbocycles. The minimum Gasteiger partial charge on any atom is -0.497 e. The summed E-state index contributed by atoms with van der Waals surface area (Å²) in [4.78, 5) is 14.3. The van der Waals surface area contributed by atoms with Crippen molar-refractivity contribution in [2.45, 2.75) is 49.3 Å². The monoisotopic (exact) mass is 372 g/mol. The van der Waals surface area contributed by atoms with Crippen LogP contribution in [0.25, 0.3) is 0 Å². The van der Waals surface area contributed by atoms with Crippen molar-refractivity contribution in [2.24, 2.45) is 0 Å². The molecule has 0 bridgehead atoms. The number of amides is 1. The van der Waals surface area contributed by atoms with E-state index in [1.54, 1.807) is 12.0 Å². The van der Waals surface area contributed by atoms with Crippen molar-refractivity contribution in [2.75, 3.05) is 19.9 Å². The molecule has 1 amide bonds. The number of thioether (sulfide) groups is 1. The summed E-state index contributed by atoms with van der Waals surface area (Å²) in [7, 11) is 3.49. The van der Waals surface area contributed by atoms with Crippen LogP contribution >= 0.6 is 11.8 Å². The molecule has 1 aromatic heterocycles. The zero-order valence-corrected chi connectivity index (χ0v) is 16.0. The predicted octanol–water partition coefficient (Wildman–Crippen LogP) is 3.25. The van der Waals surface area contributed by atoms with Gasteiger partial charge in [0, 0.05) is 25.6 Å². The van der Waals surface area contributed by atoms with E-state index < -0.39 is 0 Å². The van der Waals surface area contributed by atoms with E-state index in [2.05, 4.69) is 14.8 Å². The summed E-state index contributed by atoms with van der Waals surface area (Å²) in [6.07, 6.45) is 4.85. The second-order valence-electron chi connectivity index (χ2n) is 7.11. The standard InChI is InChI=1S/C19H24N4O2S/c1-22(11-13-4-3-5-16(10-13)25-2)17(24)12-26-19-21-20-18(14-6-7-14)23(19)15-8-9-15/h3-5,10,14-15H,6-9,11-12H2,1-2H3. The van der Waals surface area contributed by atoms with Gasteiger partial charge >= 0.3 is 0 Å². The highest BCUT2D eigenvalue weighted by Gasteiger charge is 2.36. The van der Waals surface area contributed by atoms with Gasteiger partial charge in [-0.05, 0) is 43.4 Å². The third-order valence-electron chi connectivity index (χ3n) is 4.85. The fourth-order valence-electron chi connectivity index (χ4n) is 3.05. The summed E-state index contributed by atoms with van der Waals surface area (Å²) in [6.45, 7) is 0.569. The van der Waals surface area contributed by atoms with E-state index in [1.165, 1.54) is 37.4 Å². The van der Waals surface area contributed by atoms with Crippen LogP contribution < -0.4 is 4.74 Å². The smallest absolute Gasteiger partial charge is 0.233 e. The third-order valence-corrected chi connectivity index (χ3v) is 5.78. The SMILES string of the molecule is COc1cccc(CN(C)C(=O)CSc2nnc(C3CC3)n2C2CC2)c1. The van der Waals surface area contributed by atoms with Crippen LogP contribution in [0, 0.1) is 0 Å². The molecule has 6 nitrogen and oxygen atoms in total. The molecular weight excluding hydrogens is 348 g/mol. The molecule has 2 saturated carbocycles. The van der Waals surface area contributed by atoms with Crippen molar-refractivity contribution < 1.29 is 9.53 Å². The van der Waals surface area contributed by atoms with Gasteiger partial charge in [-0.1, -0.05) is 23.9 Å². The first-order valence-corrected chi connectivity index (χ1v) is 10.1. The quantitative estimate of drug-likeness (QED) is 0.666. The number of hydrogen-bond donors (Lipinski definition) is 0. The Morgan fingerprint density at radius 1 is 1.31 bits per heavy atom. The molecule has 2 aliphatic rings. The maximum atomic E-state index is 12.5. The fourth-order valence-corrected chi connectivity index (χ4v) is 4.01. The highest BCUT2D eigenvalue weighted by molar-refractivity contribution is 7.99. The van der Waals surface area contributed by atoms with Gasteiger partial charge in [0.15, 0.2) is 5.16 Å². The Bertz CT molecular complexity index is 799. The minimum absolute atomic E-state index is 0.0936. The molecule has 138 valence electrons. The van der Waals surface area contributed by atoms with Gasteiger partial charge in [0.2, 0.25) is 5.91 Å². The lowest BCUT2D eigenvalue weighted by atomic mass is 10.2. The van der Waals surface area contributed by atoms with Crippen molar-refractivity contribution in [3.8, 4) is 5.75 Å². The zero-order valence-electron chi connectivity index (χ0n) is 15.2. The van der Waals surface area contributed by atoms with E-state index >= 15 is 0 Å². The summed E-state index contributed by atoms with van der Waals surface area (Å²) in [5.74, 6) is 3.01. The van der Waals surface area contributed by atoms with Crippen LogP contribution in [0.4, 0.5) is 0 Å². The van der Waals surface area contributed by atoms with Gasteiger partial charge in [-0.3, -0.25) is 4.79 Å². The number of rotatable bonds is 8. The molecule has 4 rings (SSSR count). The van der Waals surface area contributed by atoms with Gasteiger partial charge in [0.1, 0.15) is 11.6 Å². The van der Waals surface area contributed by atoms with Gasteiger partial charge in [0.05, 0.1) is 12.9 Å². The maximum Gasteiger partial charge on any atom is 0.233 e. The van der Waals surface area contributed by atoms with Crippen LogP contribution in [0.1, 0.15) is 49.0 Å². The van der Waals surface area contributed by atoms with Gasteiger partial charge in [-0.25, -0.2) is 0 Å². The summed E-state index contributed by atoms with van der Waals surface area (Å²) in [6, 6.07) is 8.36. The molecule has 2 aromatic rings. The molecule has 0 radical (unpaired) electrons. The average Bonchev–Trinajstić information content (AvgIpc) is 3.58. The summed E-state index contributed by atoms with van der Waals surface area (Å²) in [5, 5.41) is 9.67. The molecule has 0 spiro atoms. The number of ether oxygens (including phenoxy) is 1.